The molecule has 2 aromatic rings. The Morgan fingerprint density at radius 1 is 1.14 bits per heavy atom. The van der Waals surface area contributed by atoms with Crippen molar-refractivity contribution in [3.05, 3.63) is 70.5 Å². The first kappa shape index (κ1) is 21.4. The van der Waals surface area contributed by atoms with Gasteiger partial charge in [0.15, 0.2) is 0 Å². The van der Waals surface area contributed by atoms with Crippen molar-refractivity contribution in [1.82, 2.24) is 4.90 Å². The van der Waals surface area contributed by atoms with Crippen LogP contribution in [0.4, 0.5) is 5.69 Å². The third kappa shape index (κ3) is 4.30. The molecule has 2 aliphatic rings. The van der Waals surface area contributed by atoms with E-state index >= 15 is 0 Å². The fourth-order valence-corrected chi connectivity index (χ4v) is 3.86. The molecule has 2 unspecified atom stereocenters. The molecule has 0 aromatic heterocycles. The standard InChI is InChI=1S/C21H23N3O3.Pr/c1-23(15-7-8-17-18(11-15)21(27)22-20(17)26)19(14-5-3-2-4-6-14)13-24-10-9-16(25)12-24;/h2-8,11,16,19,25H,9-10,12-13H2,1H3,(H,22,26,27);/q;+3/p-1. The molecule has 28 heavy (non-hydrogen) atoms. The van der Waals surface area contributed by atoms with Gasteiger partial charge >= 0.3 is 41.3 Å². The molecule has 2 aliphatic heterocycles. The van der Waals surface area contributed by atoms with Gasteiger partial charge in [-0.25, -0.2) is 0 Å². The molecule has 1 saturated heterocycles. The van der Waals surface area contributed by atoms with Crippen LogP contribution in [0.5, 0.6) is 0 Å². The third-order valence-electron chi connectivity index (χ3n) is 5.40. The molecule has 0 radical (unpaired) electrons. The summed E-state index contributed by atoms with van der Waals surface area (Å²) in [4.78, 5) is 28.1. The zero-order valence-corrected chi connectivity index (χ0v) is 19.5. The fraction of sp³-hybridized carbons (Fsp3) is 0.333. The minimum atomic E-state index is -0.468. The molecular weight excluding hydrogens is 483 g/mol. The van der Waals surface area contributed by atoms with Crippen molar-refractivity contribution < 1.29 is 56.0 Å². The van der Waals surface area contributed by atoms with Gasteiger partial charge in [0.25, 0.3) is 0 Å². The largest absolute Gasteiger partial charge is 3.00 e. The van der Waals surface area contributed by atoms with Gasteiger partial charge in [0, 0.05) is 43.5 Å². The third-order valence-corrected chi connectivity index (χ3v) is 5.40. The molecule has 2 heterocycles. The SMILES string of the molecule is CN(c1ccc2c(c1)C(=O)[N-]C2=O)C(CN1CCC(O)C1)c1ccccc1.[Pr+3]. The number of amides is 2. The number of anilines is 1. The number of benzene rings is 2. The predicted octanol–water partition coefficient (Wildman–Crippen LogP) is 2.60. The average Bonchev–Trinajstić information content (AvgIpc) is 3.22. The van der Waals surface area contributed by atoms with Crippen molar-refractivity contribution in [2.75, 3.05) is 31.6 Å². The van der Waals surface area contributed by atoms with Crippen molar-refractivity contribution >= 4 is 17.5 Å². The number of hydrogen-bond acceptors (Lipinski definition) is 5. The van der Waals surface area contributed by atoms with Gasteiger partial charge in [-0.1, -0.05) is 36.4 Å². The average molecular weight is 505 g/mol. The minimum absolute atomic E-state index is 0. The Kier molecular flexibility index (Phi) is 6.87. The molecular formula is C21H22N3O3Pr+2. The normalized spacial score (nSPS) is 19.7. The number of aliphatic hydroxyl groups excluding tert-OH is 1. The zero-order valence-electron chi connectivity index (χ0n) is 15.8. The second-order valence-corrected chi connectivity index (χ2v) is 7.19. The summed E-state index contributed by atoms with van der Waals surface area (Å²) in [5.74, 6) is -0.931. The Bertz CT molecular complexity index is 874. The summed E-state index contributed by atoms with van der Waals surface area (Å²) in [5.41, 5.74) is 2.76. The van der Waals surface area contributed by atoms with E-state index in [0.29, 0.717) is 17.7 Å². The second kappa shape index (κ2) is 8.99. The Morgan fingerprint density at radius 2 is 1.86 bits per heavy atom. The zero-order chi connectivity index (χ0) is 19.0. The molecule has 2 atom stereocenters. The summed E-state index contributed by atoms with van der Waals surface area (Å²) in [5, 5.41) is 13.4. The van der Waals surface area contributed by atoms with E-state index in [9.17, 15) is 14.7 Å². The van der Waals surface area contributed by atoms with Crippen LogP contribution in [0.2, 0.25) is 0 Å². The first-order valence-corrected chi connectivity index (χ1v) is 9.15. The van der Waals surface area contributed by atoms with Crippen molar-refractivity contribution in [3.63, 3.8) is 0 Å². The molecule has 0 saturated carbocycles. The smallest absolute Gasteiger partial charge is 0.587 e. The molecule has 2 amide bonds. The molecule has 6 nitrogen and oxygen atoms in total. The first-order chi connectivity index (χ1) is 13.0. The molecule has 0 bridgehead atoms. The maximum atomic E-state index is 12.0. The van der Waals surface area contributed by atoms with Gasteiger partial charge in [0.1, 0.15) is 0 Å². The summed E-state index contributed by atoms with van der Waals surface area (Å²) in [6, 6.07) is 15.5. The van der Waals surface area contributed by atoms with E-state index in [1.54, 1.807) is 12.1 Å². The molecule has 0 aliphatic carbocycles. The number of fused-ring (bicyclic) bond motifs is 1. The van der Waals surface area contributed by atoms with Crippen LogP contribution in [-0.2, 0) is 0 Å². The Morgan fingerprint density at radius 3 is 2.54 bits per heavy atom. The van der Waals surface area contributed by atoms with E-state index in [2.05, 4.69) is 27.2 Å². The number of carbonyl (C=O) groups is 2. The summed E-state index contributed by atoms with van der Waals surface area (Å²) >= 11 is 0. The van der Waals surface area contributed by atoms with Crippen LogP contribution in [-0.4, -0.2) is 54.6 Å². The van der Waals surface area contributed by atoms with E-state index in [1.807, 2.05) is 31.3 Å². The quantitative estimate of drug-likeness (QED) is 0.633. The van der Waals surface area contributed by atoms with Gasteiger partial charge in [0.05, 0.1) is 24.0 Å². The van der Waals surface area contributed by atoms with Crippen LogP contribution in [0.15, 0.2) is 48.5 Å². The van der Waals surface area contributed by atoms with Gasteiger partial charge in [0.2, 0.25) is 0 Å². The van der Waals surface area contributed by atoms with Gasteiger partial charge in [-0.3, -0.25) is 4.90 Å². The number of rotatable bonds is 5. The number of likely N-dealkylation sites (tertiary alicyclic amines) is 1. The minimum Gasteiger partial charge on any atom is -0.587 e. The van der Waals surface area contributed by atoms with Crippen molar-refractivity contribution in [2.24, 2.45) is 0 Å². The van der Waals surface area contributed by atoms with Gasteiger partial charge in [-0.2, -0.15) is 0 Å². The van der Waals surface area contributed by atoms with Crippen molar-refractivity contribution in [3.8, 4) is 0 Å². The van der Waals surface area contributed by atoms with Gasteiger partial charge < -0.3 is 24.9 Å². The summed E-state index contributed by atoms with van der Waals surface area (Å²) in [6.07, 6.45) is 0.527. The fourth-order valence-electron chi connectivity index (χ4n) is 3.86. The van der Waals surface area contributed by atoms with Crippen LogP contribution >= 0.6 is 0 Å². The number of likely N-dealkylation sites (N-methyl/N-ethyl adjacent to an activating group) is 1. The van der Waals surface area contributed by atoms with Crippen molar-refractivity contribution in [1.29, 1.82) is 0 Å². The predicted molar refractivity (Wildman–Crippen MR) is 103 cm³/mol. The topological polar surface area (TPSA) is 75.0 Å². The number of hydrogen-bond donors (Lipinski definition) is 1. The first-order valence-electron chi connectivity index (χ1n) is 9.15. The maximum Gasteiger partial charge on any atom is 3.00 e. The van der Waals surface area contributed by atoms with Crippen molar-refractivity contribution in [2.45, 2.75) is 18.6 Å². The molecule has 4 rings (SSSR count). The van der Waals surface area contributed by atoms with E-state index < -0.39 is 11.8 Å². The van der Waals surface area contributed by atoms with Crippen LogP contribution in [0.3, 0.4) is 0 Å². The van der Waals surface area contributed by atoms with E-state index in [4.69, 9.17) is 0 Å². The summed E-state index contributed by atoms with van der Waals surface area (Å²) in [6.45, 7) is 2.31. The van der Waals surface area contributed by atoms with Gasteiger partial charge in [-0.05, 0) is 24.1 Å². The molecule has 0 spiro atoms. The Hall–Kier alpha value is -1.34. The molecule has 1 fully saturated rings. The van der Waals surface area contributed by atoms with Crippen LogP contribution in [0.1, 0.15) is 38.7 Å². The van der Waals surface area contributed by atoms with Crippen LogP contribution < -0.4 is 4.90 Å². The monoisotopic (exact) mass is 505 g/mol. The Labute approximate surface area is 197 Å². The number of carbonyl (C=O) groups excluding carboxylic acids is 2. The molecule has 7 heteroatoms. The number of β-amino-alcohol motifs (C(OH)–C–C–N with tert-alkyl or cyclic N) is 1. The second-order valence-electron chi connectivity index (χ2n) is 7.19. The van der Waals surface area contributed by atoms with E-state index in [0.717, 1.165) is 30.8 Å². The van der Waals surface area contributed by atoms with Gasteiger partial charge in [-0.15, -0.1) is 0 Å². The van der Waals surface area contributed by atoms with E-state index in [-0.39, 0.29) is 53.4 Å². The van der Waals surface area contributed by atoms with E-state index in [1.165, 1.54) is 0 Å². The summed E-state index contributed by atoms with van der Waals surface area (Å²) < 4.78 is 0. The number of aliphatic hydroxyl groups is 1. The molecule has 140 valence electrons. The molecule has 2 aromatic carbocycles. The maximum absolute atomic E-state index is 12.0. The summed E-state index contributed by atoms with van der Waals surface area (Å²) in [7, 11) is 1.99. The number of nitrogens with zero attached hydrogens (tertiary/aromatic N) is 3. The number of imide groups is 1. The van der Waals surface area contributed by atoms with Crippen LogP contribution in [0.25, 0.3) is 5.32 Å². The Balaban J connectivity index is 0.00000225. The van der Waals surface area contributed by atoms with Crippen LogP contribution in [0, 0.1) is 41.3 Å². The molecule has 1 N–H and O–H groups in total.